The summed E-state index contributed by atoms with van der Waals surface area (Å²) in [6.07, 6.45) is 0.275. The first kappa shape index (κ1) is 38.8. The van der Waals surface area contributed by atoms with Gasteiger partial charge in [-0.25, -0.2) is 0 Å². The molecule has 1 aromatic rings. The number of ether oxygens (including phenoxy) is 5. The minimum Gasteiger partial charge on any atom is -0.492 e. The maximum atomic E-state index is 12.9. The molecule has 1 N–H and O–H groups in total. The number of carbonyl (C=O) groups is 4. The van der Waals surface area contributed by atoms with E-state index >= 15 is 0 Å². The van der Waals surface area contributed by atoms with Crippen LogP contribution in [0.5, 0.6) is 5.75 Å². The quantitative estimate of drug-likeness (QED) is 0.236. The first-order valence-corrected chi connectivity index (χ1v) is 15.0. The standard InChI is InChI=1S/C33H54N2O9/c1-30(2,3)41-26(36)20-34-25(29(39)44-33(10,11)12)19-23-13-15-24(16-14-23)40-18-17-35(21-27(37)42-31(4,5)6)22-28(38)43-32(7,8)9/h13-16,25,34H,17-22H2,1-12H3/t25-/m0/s1. The monoisotopic (exact) mass is 622 g/mol. The molecule has 0 unspecified atom stereocenters. The number of nitrogens with one attached hydrogen (secondary N) is 1. The molecule has 1 aromatic carbocycles. The predicted molar refractivity (Wildman–Crippen MR) is 167 cm³/mol. The summed E-state index contributed by atoms with van der Waals surface area (Å²) in [7, 11) is 0. The van der Waals surface area contributed by atoms with Gasteiger partial charge in [-0.15, -0.1) is 0 Å². The molecule has 0 aliphatic rings. The van der Waals surface area contributed by atoms with Crippen LogP contribution in [0.3, 0.4) is 0 Å². The zero-order chi connectivity index (χ0) is 33.9. The highest BCUT2D eigenvalue weighted by Gasteiger charge is 2.27. The predicted octanol–water partition coefficient (Wildman–Crippen LogP) is 4.23. The van der Waals surface area contributed by atoms with Crippen LogP contribution in [0.4, 0.5) is 0 Å². The van der Waals surface area contributed by atoms with Gasteiger partial charge in [-0.05, 0) is 107 Å². The summed E-state index contributed by atoms with van der Waals surface area (Å²) in [5.74, 6) is -1.28. The van der Waals surface area contributed by atoms with Crippen LogP contribution in [-0.2, 0) is 44.5 Å². The molecule has 0 fully saturated rings. The van der Waals surface area contributed by atoms with Crippen LogP contribution in [0.25, 0.3) is 0 Å². The molecule has 1 rings (SSSR count). The molecule has 44 heavy (non-hydrogen) atoms. The lowest BCUT2D eigenvalue weighted by Crippen LogP contribution is -2.45. The second-order valence-electron chi connectivity index (χ2n) is 14.6. The lowest BCUT2D eigenvalue weighted by molar-refractivity contribution is -0.161. The van der Waals surface area contributed by atoms with E-state index in [9.17, 15) is 19.2 Å². The lowest BCUT2D eigenvalue weighted by Gasteiger charge is -2.26. The minimum absolute atomic E-state index is 0.0961. The zero-order valence-electron chi connectivity index (χ0n) is 28.8. The number of carbonyl (C=O) groups excluding carboxylic acids is 4. The van der Waals surface area contributed by atoms with E-state index in [1.807, 2.05) is 12.1 Å². The van der Waals surface area contributed by atoms with Crippen molar-refractivity contribution in [1.29, 1.82) is 0 Å². The van der Waals surface area contributed by atoms with E-state index < -0.39 is 52.3 Å². The van der Waals surface area contributed by atoms with Crippen molar-refractivity contribution in [3.63, 3.8) is 0 Å². The third-order valence-corrected chi connectivity index (χ3v) is 5.19. The molecule has 0 bridgehead atoms. The van der Waals surface area contributed by atoms with Crippen molar-refractivity contribution in [2.45, 2.75) is 118 Å². The lowest BCUT2D eigenvalue weighted by atomic mass is 10.1. The van der Waals surface area contributed by atoms with Gasteiger partial charge in [0.2, 0.25) is 0 Å². The Labute approximate surface area is 263 Å². The zero-order valence-corrected chi connectivity index (χ0v) is 28.8. The molecule has 0 aromatic heterocycles. The third kappa shape index (κ3) is 19.2. The van der Waals surface area contributed by atoms with Gasteiger partial charge in [0.25, 0.3) is 0 Å². The van der Waals surface area contributed by atoms with E-state index in [2.05, 4.69) is 5.32 Å². The Balaban J connectivity index is 2.86. The second kappa shape index (κ2) is 16.2. The van der Waals surface area contributed by atoms with Gasteiger partial charge in [0.05, 0.1) is 19.6 Å². The highest BCUT2D eigenvalue weighted by molar-refractivity contribution is 5.78. The molecule has 11 heteroatoms. The molecular weight excluding hydrogens is 568 g/mol. The van der Waals surface area contributed by atoms with Gasteiger partial charge in [-0.1, -0.05) is 12.1 Å². The van der Waals surface area contributed by atoms with Gasteiger partial charge < -0.3 is 23.7 Å². The second-order valence-corrected chi connectivity index (χ2v) is 14.6. The van der Waals surface area contributed by atoms with E-state index in [1.165, 1.54) is 0 Å². The van der Waals surface area contributed by atoms with Crippen LogP contribution < -0.4 is 10.1 Å². The number of benzene rings is 1. The molecular formula is C33H54N2O9. The molecule has 1 atom stereocenters. The average Bonchev–Trinajstić information content (AvgIpc) is 2.77. The van der Waals surface area contributed by atoms with Gasteiger partial charge in [-0.2, -0.15) is 0 Å². The summed E-state index contributed by atoms with van der Waals surface area (Å²) in [5, 5.41) is 2.97. The molecule has 0 aliphatic heterocycles. The van der Waals surface area contributed by atoms with Crippen molar-refractivity contribution in [2.24, 2.45) is 0 Å². The minimum atomic E-state index is -0.775. The van der Waals surface area contributed by atoms with E-state index in [-0.39, 0.29) is 39.2 Å². The first-order valence-electron chi connectivity index (χ1n) is 15.0. The largest absolute Gasteiger partial charge is 0.492 e. The normalized spacial score (nSPS) is 13.2. The molecule has 0 saturated heterocycles. The first-order chi connectivity index (χ1) is 19.9. The highest BCUT2D eigenvalue weighted by Crippen LogP contribution is 2.17. The highest BCUT2D eigenvalue weighted by atomic mass is 16.6. The van der Waals surface area contributed by atoms with Crippen molar-refractivity contribution in [3.05, 3.63) is 29.8 Å². The summed E-state index contributed by atoms with van der Waals surface area (Å²) in [5.41, 5.74) is -1.82. The summed E-state index contributed by atoms with van der Waals surface area (Å²) in [6, 6.07) is 6.40. The Morgan fingerprint density at radius 1 is 0.659 bits per heavy atom. The summed E-state index contributed by atoms with van der Waals surface area (Å²) >= 11 is 0. The molecule has 0 heterocycles. The molecule has 0 saturated carbocycles. The summed E-state index contributed by atoms with van der Waals surface area (Å²) < 4.78 is 27.6. The fourth-order valence-electron chi connectivity index (χ4n) is 3.77. The topological polar surface area (TPSA) is 130 Å². The van der Waals surface area contributed by atoms with Gasteiger partial charge in [-0.3, -0.25) is 29.4 Å². The van der Waals surface area contributed by atoms with Crippen LogP contribution in [0.2, 0.25) is 0 Å². The molecule has 250 valence electrons. The van der Waals surface area contributed by atoms with Gasteiger partial charge in [0.1, 0.15) is 40.8 Å². The third-order valence-electron chi connectivity index (χ3n) is 5.19. The van der Waals surface area contributed by atoms with Crippen LogP contribution in [-0.4, -0.2) is 90.0 Å². The van der Waals surface area contributed by atoms with Crippen LogP contribution in [0.1, 0.15) is 88.6 Å². The average molecular weight is 623 g/mol. The molecule has 0 aliphatic carbocycles. The van der Waals surface area contributed by atoms with Crippen LogP contribution >= 0.6 is 0 Å². The smallest absolute Gasteiger partial charge is 0.324 e. The number of rotatable bonds is 14. The molecule has 0 amide bonds. The van der Waals surface area contributed by atoms with Gasteiger partial charge in [0.15, 0.2) is 0 Å². The maximum absolute atomic E-state index is 12.9. The number of esters is 4. The van der Waals surface area contributed by atoms with E-state index in [4.69, 9.17) is 23.7 Å². The Morgan fingerprint density at radius 3 is 1.52 bits per heavy atom. The van der Waals surface area contributed by atoms with Crippen molar-refractivity contribution in [1.82, 2.24) is 10.2 Å². The summed E-state index contributed by atoms with van der Waals surface area (Å²) in [6.45, 7) is 21.5. The van der Waals surface area contributed by atoms with E-state index in [0.29, 0.717) is 5.75 Å². The fourth-order valence-corrected chi connectivity index (χ4v) is 3.77. The van der Waals surface area contributed by atoms with Crippen LogP contribution in [0, 0.1) is 0 Å². The van der Waals surface area contributed by atoms with E-state index in [1.54, 1.807) is 100 Å². The Morgan fingerprint density at radius 2 is 1.09 bits per heavy atom. The fraction of sp³-hybridized carbons (Fsp3) is 0.697. The SMILES string of the molecule is CC(C)(C)OC(=O)CN[C@@H](Cc1ccc(OCCN(CC(=O)OC(C)(C)C)CC(=O)OC(C)(C)C)cc1)C(=O)OC(C)(C)C. The van der Waals surface area contributed by atoms with Crippen molar-refractivity contribution in [2.75, 3.05) is 32.8 Å². The van der Waals surface area contributed by atoms with Crippen molar-refractivity contribution < 1.29 is 42.9 Å². The molecule has 0 radical (unpaired) electrons. The Kier molecular flexibility index (Phi) is 14.3. The van der Waals surface area contributed by atoms with Crippen molar-refractivity contribution >= 4 is 23.9 Å². The van der Waals surface area contributed by atoms with Crippen molar-refractivity contribution in [3.8, 4) is 5.75 Å². The Bertz CT molecular complexity index is 1060. The van der Waals surface area contributed by atoms with E-state index in [0.717, 1.165) is 5.56 Å². The Hall–Kier alpha value is -3.18. The maximum Gasteiger partial charge on any atom is 0.324 e. The number of hydrogen-bond acceptors (Lipinski definition) is 11. The van der Waals surface area contributed by atoms with Crippen LogP contribution in [0.15, 0.2) is 24.3 Å². The van der Waals surface area contributed by atoms with Gasteiger partial charge >= 0.3 is 23.9 Å². The summed E-state index contributed by atoms with van der Waals surface area (Å²) in [4.78, 5) is 51.7. The number of nitrogens with zero attached hydrogens (tertiary/aromatic N) is 1. The molecule has 0 spiro atoms. The van der Waals surface area contributed by atoms with Gasteiger partial charge in [0, 0.05) is 6.54 Å². The number of hydrogen-bond donors (Lipinski definition) is 1. The molecule has 11 nitrogen and oxygen atoms in total.